The van der Waals surface area contributed by atoms with E-state index in [2.05, 4.69) is 0 Å². The number of aliphatic carboxylic acids is 1. The van der Waals surface area contributed by atoms with Crippen LogP contribution in [0.25, 0.3) is 0 Å². The first-order valence-corrected chi connectivity index (χ1v) is 7.38. The summed E-state index contributed by atoms with van der Waals surface area (Å²) >= 11 is 0. The smallest absolute Gasteiger partial charge is 0.304 e. The van der Waals surface area contributed by atoms with Crippen molar-refractivity contribution >= 4 is 15.8 Å². The Morgan fingerprint density at radius 3 is 2.31 bits per heavy atom. The zero-order valence-corrected chi connectivity index (χ0v) is 10.8. The molecule has 5 nitrogen and oxygen atoms in total. The lowest BCUT2D eigenvalue weighted by Crippen LogP contribution is -2.28. The third-order valence-corrected chi connectivity index (χ3v) is 4.25. The number of hydrogen-bond donors (Lipinski definition) is 1. The van der Waals surface area contributed by atoms with Gasteiger partial charge in [-0.25, -0.2) is 8.42 Å². The molecule has 0 spiro atoms. The molecule has 0 aromatic heterocycles. The highest BCUT2D eigenvalue weighted by Gasteiger charge is 2.09. The van der Waals surface area contributed by atoms with Crippen LogP contribution in [-0.4, -0.2) is 55.5 Å². The number of carbonyl (C=O) groups is 1. The van der Waals surface area contributed by atoms with E-state index in [9.17, 15) is 13.2 Å². The standard InChI is InChI=1S/C10H21NO4S/c1-3-11(8-6-10(12)13)7-5-9-16(14,15)4-2/h3-9H2,1-2H3,(H,12,13). The molecule has 0 unspecified atom stereocenters. The number of carboxylic acid groups (broad SMARTS) is 1. The van der Waals surface area contributed by atoms with Gasteiger partial charge < -0.3 is 10.0 Å². The van der Waals surface area contributed by atoms with E-state index >= 15 is 0 Å². The molecule has 0 radical (unpaired) electrons. The zero-order chi connectivity index (χ0) is 12.6. The third-order valence-electron chi connectivity index (χ3n) is 2.46. The van der Waals surface area contributed by atoms with Crippen LogP contribution in [0.4, 0.5) is 0 Å². The van der Waals surface area contributed by atoms with Crippen molar-refractivity contribution in [3.63, 3.8) is 0 Å². The molecule has 0 saturated carbocycles. The van der Waals surface area contributed by atoms with Crippen LogP contribution in [0.15, 0.2) is 0 Å². The van der Waals surface area contributed by atoms with E-state index in [1.165, 1.54) is 0 Å². The molecule has 6 heteroatoms. The molecule has 0 aliphatic carbocycles. The van der Waals surface area contributed by atoms with Crippen LogP contribution in [0.2, 0.25) is 0 Å². The Hall–Kier alpha value is -0.620. The van der Waals surface area contributed by atoms with Gasteiger partial charge in [0.1, 0.15) is 9.84 Å². The number of carboxylic acids is 1. The highest BCUT2D eigenvalue weighted by Crippen LogP contribution is 1.98. The van der Waals surface area contributed by atoms with Gasteiger partial charge in [-0.15, -0.1) is 0 Å². The van der Waals surface area contributed by atoms with E-state index in [1.54, 1.807) is 6.92 Å². The number of rotatable bonds is 9. The largest absolute Gasteiger partial charge is 0.481 e. The summed E-state index contributed by atoms with van der Waals surface area (Å²) < 4.78 is 22.4. The molecule has 0 atom stereocenters. The Kier molecular flexibility index (Phi) is 7.33. The lowest BCUT2D eigenvalue weighted by Gasteiger charge is -2.18. The van der Waals surface area contributed by atoms with Gasteiger partial charge in [-0.05, 0) is 19.5 Å². The molecule has 0 amide bonds. The topological polar surface area (TPSA) is 74.7 Å². The second kappa shape index (κ2) is 7.62. The lowest BCUT2D eigenvalue weighted by atomic mass is 10.3. The van der Waals surface area contributed by atoms with E-state index < -0.39 is 15.8 Å². The summed E-state index contributed by atoms with van der Waals surface area (Å²) in [6.07, 6.45) is 0.679. The summed E-state index contributed by atoms with van der Waals surface area (Å²) in [6, 6.07) is 0. The van der Waals surface area contributed by atoms with Gasteiger partial charge in [-0.2, -0.15) is 0 Å². The van der Waals surface area contributed by atoms with Crippen molar-refractivity contribution in [2.24, 2.45) is 0 Å². The molecule has 0 fully saturated rings. The molecule has 0 heterocycles. The van der Waals surface area contributed by atoms with Crippen molar-refractivity contribution in [3.8, 4) is 0 Å². The number of nitrogens with zero attached hydrogens (tertiary/aromatic N) is 1. The molecule has 0 rings (SSSR count). The molecule has 16 heavy (non-hydrogen) atoms. The number of hydrogen-bond acceptors (Lipinski definition) is 4. The van der Waals surface area contributed by atoms with Crippen molar-refractivity contribution < 1.29 is 18.3 Å². The first-order valence-electron chi connectivity index (χ1n) is 5.55. The SMILES string of the molecule is CCN(CCCS(=O)(=O)CC)CCC(=O)O. The summed E-state index contributed by atoms with van der Waals surface area (Å²) in [5.74, 6) is -0.457. The minimum atomic E-state index is -2.90. The Balaban J connectivity index is 3.83. The highest BCUT2D eigenvalue weighted by atomic mass is 32.2. The van der Waals surface area contributed by atoms with Crippen LogP contribution in [0, 0.1) is 0 Å². The second-order valence-electron chi connectivity index (χ2n) is 3.67. The maximum atomic E-state index is 11.2. The summed E-state index contributed by atoms with van der Waals surface area (Å²) in [6.45, 7) is 5.45. The first-order chi connectivity index (χ1) is 7.41. The molecule has 96 valence electrons. The van der Waals surface area contributed by atoms with Crippen LogP contribution in [0.5, 0.6) is 0 Å². The van der Waals surface area contributed by atoms with Gasteiger partial charge in [0.05, 0.1) is 12.2 Å². The van der Waals surface area contributed by atoms with Crippen molar-refractivity contribution in [2.45, 2.75) is 26.7 Å². The van der Waals surface area contributed by atoms with Gasteiger partial charge in [-0.1, -0.05) is 13.8 Å². The molecule has 0 aromatic carbocycles. The van der Waals surface area contributed by atoms with E-state index in [0.717, 1.165) is 6.54 Å². The van der Waals surface area contributed by atoms with Gasteiger partial charge in [0.25, 0.3) is 0 Å². The van der Waals surface area contributed by atoms with Crippen molar-refractivity contribution in [2.75, 3.05) is 31.1 Å². The second-order valence-corrected chi connectivity index (χ2v) is 6.14. The van der Waals surface area contributed by atoms with Crippen molar-refractivity contribution in [3.05, 3.63) is 0 Å². The van der Waals surface area contributed by atoms with E-state index in [-0.39, 0.29) is 17.9 Å². The Morgan fingerprint density at radius 1 is 1.25 bits per heavy atom. The fourth-order valence-corrected chi connectivity index (χ4v) is 2.19. The Labute approximate surface area is 97.4 Å². The average molecular weight is 251 g/mol. The van der Waals surface area contributed by atoms with Gasteiger partial charge in [0.2, 0.25) is 0 Å². The molecular weight excluding hydrogens is 230 g/mol. The molecule has 0 saturated heterocycles. The maximum absolute atomic E-state index is 11.2. The summed E-state index contributed by atoms with van der Waals surface area (Å²) in [5, 5.41) is 8.53. The van der Waals surface area contributed by atoms with Crippen LogP contribution in [0.1, 0.15) is 26.7 Å². The lowest BCUT2D eigenvalue weighted by molar-refractivity contribution is -0.137. The maximum Gasteiger partial charge on any atom is 0.304 e. The normalized spacial score (nSPS) is 11.9. The monoisotopic (exact) mass is 251 g/mol. The molecule has 1 N–H and O–H groups in total. The van der Waals surface area contributed by atoms with Gasteiger partial charge >= 0.3 is 5.97 Å². The van der Waals surface area contributed by atoms with Crippen LogP contribution in [-0.2, 0) is 14.6 Å². The minimum Gasteiger partial charge on any atom is -0.481 e. The first kappa shape index (κ1) is 15.4. The zero-order valence-electron chi connectivity index (χ0n) is 9.98. The quantitative estimate of drug-likeness (QED) is 0.650. The van der Waals surface area contributed by atoms with Crippen LogP contribution in [0.3, 0.4) is 0 Å². The molecule has 0 aliphatic heterocycles. The summed E-state index contributed by atoms with van der Waals surface area (Å²) in [5.41, 5.74) is 0. The number of sulfone groups is 1. The average Bonchev–Trinajstić information content (AvgIpc) is 2.22. The highest BCUT2D eigenvalue weighted by molar-refractivity contribution is 7.91. The molecule has 0 bridgehead atoms. The van der Waals surface area contributed by atoms with Gasteiger partial charge in [0.15, 0.2) is 0 Å². The minimum absolute atomic E-state index is 0.106. The van der Waals surface area contributed by atoms with Gasteiger partial charge in [0, 0.05) is 12.3 Å². The predicted molar refractivity (Wildman–Crippen MR) is 63.3 cm³/mol. The predicted octanol–water partition coefficient (Wildman–Crippen LogP) is 0.608. The molecule has 0 aliphatic rings. The fraction of sp³-hybridized carbons (Fsp3) is 0.900. The van der Waals surface area contributed by atoms with Crippen molar-refractivity contribution in [1.29, 1.82) is 0 Å². The van der Waals surface area contributed by atoms with Crippen molar-refractivity contribution in [1.82, 2.24) is 4.90 Å². The summed E-state index contributed by atoms with van der Waals surface area (Å²) in [4.78, 5) is 12.3. The van der Waals surface area contributed by atoms with Gasteiger partial charge in [-0.3, -0.25) is 4.79 Å². The Bertz CT molecular complexity index is 300. The van der Waals surface area contributed by atoms with E-state index in [0.29, 0.717) is 19.5 Å². The fourth-order valence-electron chi connectivity index (χ4n) is 1.33. The summed E-state index contributed by atoms with van der Waals surface area (Å²) in [7, 11) is -2.90. The molecule has 0 aromatic rings. The van der Waals surface area contributed by atoms with Crippen LogP contribution >= 0.6 is 0 Å². The van der Waals surface area contributed by atoms with E-state index in [1.807, 2.05) is 11.8 Å². The van der Waals surface area contributed by atoms with E-state index in [4.69, 9.17) is 5.11 Å². The molecular formula is C10H21NO4S. The van der Waals surface area contributed by atoms with Crippen LogP contribution < -0.4 is 0 Å². The Morgan fingerprint density at radius 2 is 1.88 bits per heavy atom. The third kappa shape index (κ3) is 7.64.